The van der Waals surface area contributed by atoms with E-state index in [9.17, 15) is 0 Å². The summed E-state index contributed by atoms with van der Waals surface area (Å²) in [5.74, 6) is 0. The van der Waals surface area contributed by atoms with E-state index in [2.05, 4.69) is 108 Å². The first-order valence-electron chi connectivity index (χ1n) is 20.7. The fourth-order valence-electron chi connectivity index (χ4n) is 9.07. The molecule has 0 bridgehead atoms. The summed E-state index contributed by atoms with van der Waals surface area (Å²) in [6, 6.07) is 60.9. The lowest BCUT2D eigenvalue weighted by atomic mass is 10.1. The molecule has 0 atom stereocenters. The number of hydrogen-bond acceptors (Lipinski definition) is 2. The monoisotopic (exact) mass is 824 g/mol. The second kappa shape index (κ2) is 16.8. The first-order chi connectivity index (χ1) is 31.3. The van der Waals surface area contributed by atoms with Crippen LogP contribution in [0.2, 0.25) is 0 Å². The van der Waals surface area contributed by atoms with E-state index in [1.807, 2.05) is 130 Å². The molecular formula is C56H40N8. The molecule has 12 rings (SSSR count). The van der Waals surface area contributed by atoms with E-state index < -0.39 is 0 Å². The van der Waals surface area contributed by atoms with Crippen molar-refractivity contribution in [3.8, 4) is 12.1 Å². The van der Waals surface area contributed by atoms with Crippen molar-refractivity contribution in [2.75, 3.05) is 0 Å². The molecule has 304 valence electrons. The molecule has 8 heteroatoms. The van der Waals surface area contributed by atoms with E-state index in [-0.39, 0.29) is 0 Å². The zero-order valence-corrected chi connectivity index (χ0v) is 35.7. The summed E-state index contributed by atoms with van der Waals surface area (Å²) in [5.41, 5.74) is 12.0. The lowest BCUT2D eigenvalue weighted by Gasteiger charge is -1.98. The molecular weight excluding hydrogens is 785 g/mol. The van der Waals surface area contributed by atoms with Crippen LogP contribution in [0.1, 0.15) is 11.1 Å². The van der Waals surface area contributed by atoms with Gasteiger partial charge in [0.1, 0.15) is 6.07 Å². The summed E-state index contributed by atoms with van der Waals surface area (Å²) < 4.78 is 8.52. The van der Waals surface area contributed by atoms with Crippen LogP contribution in [0.25, 0.3) is 96.9 Å². The third-order valence-electron chi connectivity index (χ3n) is 12.2. The summed E-state index contributed by atoms with van der Waals surface area (Å²) in [5, 5.41) is 27.4. The van der Waals surface area contributed by atoms with Gasteiger partial charge in [-0.2, -0.15) is 10.5 Å². The largest absolute Gasteiger partial charge is 0.345 e. The van der Waals surface area contributed by atoms with Gasteiger partial charge in [-0.1, -0.05) is 109 Å². The van der Waals surface area contributed by atoms with Crippen molar-refractivity contribution in [2.24, 2.45) is 28.2 Å². The van der Waals surface area contributed by atoms with Crippen LogP contribution in [0.4, 0.5) is 11.4 Å². The van der Waals surface area contributed by atoms with Crippen LogP contribution in [0, 0.1) is 35.8 Å². The molecule has 0 fully saturated rings. The molecule has 12 aromatic rings. The van der Waals surface area contributed by atoms with Crippen LogP contribution in [0.3, 0.4) is 0 Å². The van der Waals surface area contributed by atoms with Crippen LogP contribution < -0.4 is 0 Å². The lowest BCUT2D eigenvalue weighted by molar-refractivity contribution is 1.01. The number of aryl methyl sites for hydroxylation is 4. The standard InChI is InChI=1S/4C14H10N2/c1-15-11-7-5-9-13-14(11)10-6-3-4-8-12(10)16(13)2;1-15-10-7-8-14-12(9-10)11-5-3-4-6-13(11)16(14)2;1-16-13-8-3-2-6-11(13)12-7-4-5-10(9-15)14(12)16;1-16-13-5-3-2-4-11(13)12-7-6-10(9-15)8-14(12)16/h2*3-9H,2H3;2*2-8H,1H3. The predicted molar refractivity (Wildman–Crippen MR) is 264 cm³/mol. The summed E-state index contributed by atoms with van der Waals surface area (Å²) in [6.45, 7) is 14.3. The molecule has 0 spiro atoms. The molecule has 0 aliphatic carbocycles. The van der Waals surface area contributed by atoms with Crippen LogP contribution in [-0.2, 0) is 28.2 Å². The van der Waals surface area contributed by atoms with E-state index >= 15 is 0 Å². The number of hydrogen-bond donors (Lipinski definition) is 0. The van der Waals surface area contributed by atoms with E-state index in [0.29, 0.717) is 11.3 Å². The topological polar surface area (TPSA) is 76.0 Å². The minimum Gasteiger partial charge on any atom is -0.345 e. The van der Waals surface area contributed by atoms with Crippen LogP contribution >= 0.6 is 0 Å². The van der Waals surface area contributed by atoms with Crippen molar-refractivity contribution in [2.45, 2.75) is 0 Å². The normalized spacial score (nSPS) is 10.8. The average molecular weight is 825 g/mol. The Morgan fingerprint density at radius 2 is 0.875 bits per heavy atom. The van der Waals surface area contributed by atoms with Gasteiger partial charge in [0.25, 0.3) is 0 Å². The molecule has 0 radical (unpaired) electrons. The van der Waals surface area contributed by atoms with Crippen molar-refractivity contribution in [1.82, 2.24) is 18.3 Å². The first kappa shape index (κ1) is 40.3. The van der Waals surface area contributed by atoms with Crippen molar-refractivity contribution in [1.29, 1.82) is 10.5 Å². The molecule has 0 saturated carbocycles. The molecule has 0 aliphatic rings. The van der Waals surface area contributed by atoms with Crippen molar-refractivity contribution in [3.63, 3.8) is 0 Å². The molecule has 64 heavy (non-hydrogen) atoms. The van der Waals surface area contributed by atoms with Gasteiger partial charge >= 0.3 is 0 Å². The molecule has 0 saturated heterocycles. The maximum Gasteiger partial charge on any atom is 0.197 e. The van der Waals surface area contributed by atoms with Gasteiger partial charge in [-0.3, -0.25) is 0 Å². The molecule has 4 aromatic heterocycles. The Labute approximate surface area is 370 Å². The van der Waals surface area contributed by atoms with Crippen molar-refractivity contribution < 1.29 is 0 Å². The Hall–Kier alpha value is -9.08. The number of nitriles is 2. The number of benzene rings is 8. The van der Waals surface area contributed by atoms with Gasteiger partial charge in [-0.05, 0) is 71.4 Å². The lowest BCUT2D eigenvalue weighted by Crippen LogP contribution is -1.89. The van der Waals surface area contributed by atoms with Crippen LogP contribution in [-0.4, -0.2) is 18.3 Å². The Balaban J connectivity index is 0.000000108. The van der Waals surface area contributed by atoms with Gasteiger partial charge in [0, 0.05) is 93.6 Å². The Bertz CT molecular complexity index is 3930. The highest BCUT2D eigenvalue weighted by molar-refractivity contribution is 6.14. The maximum absolute atomic E-state index is 9.12. The highest BCUT2D eigenvalue weighted by Crippen LogP contribution is 2.35. The number of fused-ring (bicyclic) bond motifs is 12. The van der Waals surface area contributed by atoms with Gasteiger partial charge < -0.3 is 18.3 Å². The average Bonchev–Trinajstić information content (AvgIpc) is 4.03. The summed E-state index contributed by atoms with van der Waals surface area (Å²) in [7, 11) is 8.14. The smallest absolute Gasteiger partial charge is 0.197 e. The highest BCUT2D eigenvalue weighted by atomic mass is 15.0. The Morgan fingerprint density at radius 3 is 1.50 bits per heavy atom. The highest BCUT2D eigenvalue weighted by Gasteiger charge is 2.12. The SMILES string of the molecule is Cn1c2ccccc2c2ccc(C#N)cc21.Cn1c2ccccc2c2cccc(C#N)c21.[C-]#[N+]c1ccc2c(c1)c1ccccc1n2C.[C-]#[N+]c1cccc2c1c1ccccc1n2C. The van der Waals surface area contributed by atoms with E-state index in [4.69, 9.17) is 23.7 Å². The summed E-state index contributed by atoms with van der Waals surface area (Å²) >= 11 is 0. The van der Waals surface area contributed by atoms with Gasteiger partial charge in [-0.25, -0.2) is 9.69 Å². The van der Waals surface area contributed by atoms with Gasteiger partial charge in [0.05, 0.1) is 41.4 Å². The van der Waals surface area contributed by atoms with E-state index in [0.717, 1.165) is 49.3 Å². The van der Waals surface area contributed by atoms with Crippen LogP contribution in [0.5, 0.6) is 0 Å². The molecule has 0 aliphatic heterocycles. The van der Waals surface area contributed by atoms with Crippen LogP contribution in [0.15, 0.2) is 170 Å². The molecule has 8 nitrogen and oxygen atoms in total. The Kier molecular flexibility index (Phi) is 10.6. The minimum absolute atomic E-state index is 0.698. The quantitative estimate of drug-likeness (QED) is 0.143. The summed E-state index contributed by atoms with van der Waals surface area (Å²) in [4.78, 5) is 7.08. The Morgan fingerprint density at radius 1 is 0.391 bits per heavy atom. The fourth-order valence-corrected chi connectivity index (χ4v) is 9.07. The zero-order chi connectivity index (χ0) is 44.5. The van der Waals surface area contributed by atoms with Crippen molar-refractivity contribution in [3.05, 3.63) is 204 Å². The number of aromatic nitrogens is 4. The second-order valence-electron chi connectivity index (χ2n) is 15.6. The molecule has 8 aromatic carbocycles. The van der Waals surface area contributed by atoms with Gasteiger partial charge in [-0.15, -0.1) is 0 Å². The number of para-hydroxylation sites is 5. The number of rotatable bonds is 0. The third-order valence-corrected chi connectivity index (χ3v) is 12.2. The zero-order valence-electron chi connectivity index (χ0n) is 35.7. The van der Waals surface area contributed by atoms with E-state index in [1.165, 1.54) is 49.1 Å². The van der Waals surface area contributed by atoms with Crippen molar-refractivity contribution >= 4 is 98.6 Å². The van der Waals surface area contributed by atoms with Gasteiger partial charge in [0.2, 0.25) is 0 Å². The maximum atomic E-state index is 9.12. The molecule has 4 heterocycles. The molecule has 0 unspecified atom stereocenters. The number of nitrogens with zero attached hydrogens (tertiary/aromatic N) is 8. The second-order valence-corrected chi connectivity index (χ2v) is 15.6. The van der Waals surface area contributed by atoms with Gasteiger partial charge in [0.15, 0.2) is 11.4 Å². The first-order valence-corrected chi connectivity index (χ1v) is 20.7. The molecule has 0 amide bonds. The predicted octanol–water partition coefficient (Wildman–Crippen LogP) is 14.2. The summed E-state index contributed by atoms with van der Waals surface area (Å²) in [6.07, 6.45) is 0. The molecule has 0 N–H and O–H groups in total. The fraction of sp³-hybridized carbons (Fsp3) is 0.0714. The third kappa shape index (κ3) is 6.79. The van der Waals surface area contributed by atoms with E-state index in [1.54, 1.807) is 0 Å². The minimum atomic E-state index is 0.698.